The zero-order valence-electron chi connectivity index (χ0n) is 5.69. The summed E-state index contributed by atoms with van der Waals surface area (Å²) in [5.41, 5.74) is 0.682. The molecule has 6 heteroatoms. The molecule has 0 fully saturated rings. The number of halogens is 2. The molecule has 0 radical (unpaired) electrons. The first-order valence-corrected chi connectivity index (χ1v) is 4.27. The zero-order chi connectivity index (χ0) is 8.72. The van der Waals surface area contributed by atoms with Gasteiger partial charge in [0.25, 0.3) is 0 Å². The van der Waals surface area contributed by atoms with Crippen LogP contribution in [0.25, 0.3) is 11.2 Å². The van der Waals surface area contributed by atoms with E-state index < -0.39 is 0 Å². The molecule has 0 bridgehead atoms. The number of fused-ring (bicyclic) bond motifs is 1. The van der Waals surface area contributed by atoms with Crippen molar-refractivity contribution in [3.05, 3.63) is 26.2 Å². The number of aromatic nitrogens is 3. The molecule has 0 saturated carbocycles. The third-order valence-corrected chi connectivity index (χ3v) is 2.67. The maximum absolute atomic E-state index is 10.8. The summed E-state index contributed by atoms with van der Waals surface area (Å²) in [6, 6.07) is 0. The van der Waals surface area contributed by atoms with Crippen LogP contribution in [-0.4, -0.2) is 15.0 Å². The number of rotatable bonds is 0. The molecule has 2 aromatic rings. The number of nitrogens with zero attached hydrogens (tertiary/aromatic N) is 1. The Morgan fingerprint density at radius 1 is 1.50 bits per heavy atom. The molecule has 0 unspecified atom stereocenters. The topological polar surface area (TPSA) is 61.5 Å². The maximum atomic E-state index is 10.8. The van der Waals surface area contributed by atoms with Crippen LogP contribution in [0.5, 0.6) is 0 Å². The first kappa shape index (κ1) is 7.82. The van der Waals surface area contributed by atoms with Crippen molar-refractivity contribution in [2.45, 2.75) is 0 Å². The van der Waals surface area contributed by atoms with E-state index >= 15 is 0 Å². The van der Waals surface area contributed by atoms with E-state index in [0.717, 1.165) is 0 Å². The van der Waals surface area contributed by atoms with Gasteiger partial charge in [0.1, 0.15) is 5.52 Å². The molecule has 2 heterocycles. The normalized spacial score (nSPS) is 10.8. The van der Waals surface area contributed by atoms with Gasteiger partial charge in [-0.3, -0.25) is 4.98 Å². The molecule has 0 amide bonds. The highest BCUT2D eigenvalue weighted by atomic mass is 79.9. The third-order valence-electron chi connectivity index (χ3n) is 1.44. The SMILES string of the molecule is O=c1[nH]c2ncc(Br)c(Cl)c2[nH]1. The highest BCUT2D eigenvalue weighted by molar-refractivity contribution is 9.10. The van der Waals surface area contributed by atoms with Crippen LogP contribution >= 0.6 is 27.5 Å². The summed E-state index contributed by atoms with van der Waals surface area (Å²) >= 11 is 9.06. The Balaban J connectivity index is 2.99. The third kappa shape index (κ3) is 1.05. The minimum absolute atomic E-state index is 0.308. The van der Waals surface area contributed by atoms with Crippen LogP contribution in [0.15, 0.2) is 15.5 Å². The van der Waals surface area contributed by atoms with E-state index in [9.17, 15) is 4.79 Å². The summed E-state index contributed by atoms with van der Waals surface area (Å²) < 4.78 is 0.659. The smallest absolute Gasteiger partial charge is 0.303 e. The molecule has 2 aromatic heterocycles. The van der Waals surface area contributed by atoms with Crippen molar-refractivity contribution in [2.24, 2.45) is 0 Å². The molecule has 2 rings (SSSR count). The van der Waals surface area contributed by atoms with Crippen LogP contribution < -0.4 is 5.69 Å². The summed E-state index contributed by atoms with van der Waals surface area (Å²) in [4.78, 5) is 19.8. The molecule has 12 heavy (non-hydrogen) atoms. The molecule has 0 atom stereocenters. The number of imidazole rings is 1. The van der Waals surface area contributed by atoms with Gasteiger partial charge < -0.3 is 4.98 Å². The van der Waals surface area contributed by atoms with Gasteiger partial charge in [-0.2, -0.15) is 0 Å². The zero-order valence-corrected chi connectivity index (χ0v) is 8.03. The molecule has 0 aliphatic heterocycles. The fourth-order valence-electron chi connectivity index (χ4n) is 0.927. The van der Waals surface area contributed by atoms with E-state index in [0.29, 0.717) is 20.7 Å². The van der Waals surface area contributed by atoms with Gasteiger partial charge in [0.2, 0.25) is 0 Å². The Kier molecular flexibility index (Phi) is 1.69. The van der Waals surface area contributed by atoms with Gasteiger partial charge in [-0.25, -0.2) is 9.78 Å². The minimum Gasteiger partial charge on any atom is -0.303 e. The Bertz CT molecular complexity index is 489. The highest BCUT2D eigenvalue weighted by Crippen LogP contribution is 2.26. The van der Waals surface area contributed by atoms with Crippen LogP contribution in [0.2, 0.25) is 5.02 Å². The number of nitrogens with one attached hydrogen (secondary N) is 2. The first-order valence-electron chi connectivity index (χ1n) is 3.10. The predicted molar refractivity (Wildman–Crippen MR) is 49.4 cm³/mol. The van der Waals surface area contributed by atoms with Gasteiger partial charge >= 0.3 is 5.69 Å². The Morgan fingerprint density at radius 3 is 3.00 bits per heavy atom. The van der Waals surface area contributed by atoms with E-state index in [-0.39, 0.29) is 5.69 Å². The van der Waals surface area contributed by atoms with Gasteiger partial charge in [-0.15, -0.1) is 0 Å². The molecule has 0 aliphatic rings. The van der Waals surface area contributed by atoms with E-state index in [1.165, 1.54) is 6.20 Å². The van der Waals surface area contributed by atoms with Gasteiger partial charge in [0, 0.05) is 6.20 Å². The second-order valence-corrected chi connectivity index (χ2v) is 3.46. The van der Waals surface area contributed by atoms with Crippen LogP contribution in [0.1, 0.15) is 0 Å². The molecule has 2 N–H and O–H groups in total. The maximum Gasteiger partial charge on any atom is 0.325 e. The van der Waals surface area contributed by atoms with Crippen molar-refractivity contribution in [2.75, 3.05) is 0 Å². The molecule has 0 spiro atoms. The van der Waals surface area contributed by atoms with Crippen LogP contribution in [0.4, 0.5) is 0 Å². The van der Waals surface area contributed by atoms with Crippen LogP contribution in [0, 0.1) is 0 Å². The second kappa shape index (κ2) is 2.60. The van der Waals surface area contributed by atoms with Crippen LogP contribution in [0.3, 0.4) is 0 Å². The second-order valence-electron chi connectivity index (χ2n) is 2.22. The lowest BCUT2D eigenvalue weighted by atomic mass is 10.4. The minimum atomic E-state index is -0.308. The van der Waals surface area contributed by atoms with E-state index in [4.69, 9.17) is 11.6 Å². The summed E-state index contributed by atoms with van der Waals surface area (Å²) in [5, 5.41) is 0.457. The van der Waals surface area contributed by atoms with Crippen molar-refractivity contribution in [1.29, 1.82) is 0 Å². The van der Waals surface area contributed by atoms with Gasteiger partial charge in [-0.05, 0) is 15.9 Å². The average molecular weight is 248 g/mol. The van der Waals surface area contributed by atoms with Crippen molar-refractivity contribution in [3.8, 4) is 0 Å². The number of aromatic amines is 2. The van der Waals surface area contributed by atoms with Crippen LogP contribution in [-0.2, 0) is 0 Å². The summed E-state index contributed by atoms with van der Waals surface area (Å²) in [5.74, 6) is 0. The lowest BCUT2D eigenvalue weighted by molar-refractivity contribution is 1.20. The van der Waals surface area contributed by atoms with Crippen molar-refractivity contribution >= 4 is 38.7 Å². The van der Waals surface area contributed by atoms with Crippen molar-refractivity contribution < 1.29 is 0 Å². The molecular weight excluding hydrogens is 245 g/mol. The largest absolute Gasteiger partial charge is 0.325 e. The number of hydrogen-bond acceptors (Lipinski definition) is 2. The molecule has 0 saturated heterocycles. The number of pyridine rings is 1. The Hall–Kier alpha value is -0.810. The number of H-pyrrole nitrogens is 2. The van der Waals surface area contributed by atoms with Gasteiger partial charge in [0.15, 0.2) is 5.65 Å². The molecule has 4 nitrogen and oxygen atoms in total. The van der Waals surface area contributed by atoms with Gasteiger partial charge in [-0.1, -0.05) is 11.6 Å². The van der Waals surface area contributed by atoms with Crippen molar-refractivity contribution in [1.82, 2.24) is 15.0 Å². The summed E-state index contributed by atoms with van der Waals surface area (Å²) in [6.45, 7) is 0. The fourth-order valence-corrected chi connectivity index (χ4v) is 1.41. The predicted octanol–water partition coefficient (Wildman–Crippen LogP) is 1.67. The lowest BCUT2D eigenvalue weighted by Crippen LogP contribution is -1.99. The monoisotopic (exact) mass is 247 g/mol. The van der Waals surface area contributed by atoms with Crippen molar-refractivity contribution in [3.63, 3.8) is 0 Å². The Morgan fingerprint density at radius 2 is 2.25 bits per heavy atom. The summed E-state index contributed by atoms with van der Waals surface area (Å²) in [6.07, 6.45) is 1.54. The lowest BCUT2D eigenvalue weighted by Gasteiger charge is -1.93. The molecule has 0 aromatic carbocycles. The number of hydrogen-bond donors (Lipinski definition) is 2. The highest BCUT2D eigenvalue weighted by Gasteiger charge is 2.06. The Labute approximate surface area is 80.1 Å². The standard InChI is InChI=1S/C6H3BrClN3O/c7-2-1-9-5-4(3(2)8)10-6(12)11-5/h1H,(H2,9,10,11,12). The fraction of sp³-hybridized carbons (Fsp3) is 0. The molecule has 62 valence electrons. The van der Waals surface area contributed by atoms with E-state index in [1.54, 1.807) is 0 Å². The van der Waals surface area contributed by atoms with E-state index in [1.807, 2.05) is 0 Å². The molecular formula is C6H3BrClN3O. The van der Waals surface area contributed by atoms with E-state index in [2.05, 4.69) is 30.9 Å². The average Bonchev–Trinajstić information content (AvgIpc) is 2.39. The van der Waals surface area contributed by atoms with Gasteiger partial charge in [0.05, 0.1) is 9.50 Å². The quantitative estimate of drug-likeness (QED) is 0.745. The first-order chi connectivity index (χ1) is 5.68. The molecule has 0 aliphatic carbocycles. The summed E-state index contributed by atoms with van der Waals surface area (Å²) in [7, 11) is 0.